The molecule has 3 rings (SSSR count). The molecule has 2 N–H and O–H groups in total. The number of benzene rings is 1. The molecule has 3 aromatic rings. The van der Waals surface area contributed by atoms with E-state index in [9.17, 15) is 0 Å². The van der Waals surface area contributed by atoms with Crippen LogP contribution in [0.3, 0.4) is 0 Å². The number of pyridine rings is 1. The minimum atomic E-state index is 0. The average molecular weight is 504 g/mol. The van der Waals surface area contributed by atoms with Crippen molar-refractivity contribution in [3.63, 3.8) is 0 Å². The highest BCUT2D eigenvalue weighted by molar-refractivity contribution is 14.0. The van der Waals surface area contributed by atoms with Gasteiger partial charge in [-0.05, 0) is 43.0 Å². The topological polar surface area (TPSA) is 67.1 Å². The number of aliphatic imine (C=N–C) groups is 1. The molecule has 6 nitrogen and oxygen atoms in total. The Kier molecular flexibility index (Phi) is 9.11. The molecular weight excluding hydrogens is 475 g/mol. The number of hydrogen-bond donors (Lipinski definition) is 2. The van der Waals surface area contributed by atoms with Gasteiger partial charge in [0, 0.05) is 31.7 Å². The van der Waals surface area contributed by atoms with Crippen LogP contribution in [0.25, 0.3) is 5.82 Å². The summed E-state index contributed by atoms with van der Waals surface area (Å²) in [6.07, 6.45) is 7.18. The predicted molar refractivity (Wildman–Crippen MR) is 129 cm³/mol. The number of halogens is 1. The first-order chi connectivity index (χ1) is 13.7. The molecule has 0 aliphatic carbocycles. The molecule has 154 valence electrons. The van der Waals surface area contributed by atoms with Crippen LogP contribution in [-0.2, 0) is 6.54 Å². The Labute approximate surface area is 189 Å². The molecule has 0 amide bonds. The largest absolute Gasteiger partial charge is 0.357 e. The van der Waals surface area contributed by atoms with Crippen molar-refractivity contribution in [3.05, 3.63) is 78.0 Å². The molecule has 0 bridgehead atoms. The highest BCUT2D eigenvalue weighted by Crippen LogP contribution is 2.14. The Morgan fingerprint density at radius 3 is 2.62 bits per heavy atom. The van der Waals surface area contributed by atoms with Crippen molar-refractivity contribution in [3.8, 4) is 5.82 Å². The second-order valence-corrected chi connectivity index (χ2v) is 6.88. The minimum absolute atomic E-state index is 0. The smallest absolute Gasteiger partial charge is 0.191 e. The average Bonchev–Trinajstić information content (AvgIpc) is 3.25. The van der Waals surface area contributed by atoms with Gasteiger partial charge in [0.1, 0.15) is 12.1 Å². The van der Waals surface area contributed by atoms with Gasteiger partial charge in [-0.3, -0.25) is 4.57 Å². The van der Waals surface area contributed by atoms with E-state index in [-0.39, 0.29) is 24.0 Å². The molecule has 2 aromatic heterocycles. The van der Waals surface area contributed by atoms with E-state index in [2.05, 4.69) is 65.6 Å². The Balaban J connectivity index is 0.00000300. The maximum absolute atomic E-state index is 4.73. The first kappa shape index (κ1) is 22.9. The zero-order chi connectivity index (χ0) is 19.8. The number of nitrogens with zero attached hydrogens (tertiary/aromatic N) is 4. The van der Waals surface area contributed by atoms with Crippen molar-refractivity contribution in [1.82, 2.24) is 25.2 Å². The van der Waals surface area contributed by atoms with Crippen LogP contribution in [-0.4, -0.2) is 33.6 Å². The highest BCUT2D eigenvalue weighted by Gasteiger charge is 2.07. The first-order valence-corrected chi connectivity index (χ1v) is 9.67. The quantitative estimate of drug-likeness (QED) is 0.290. The first-order valence-electron chi connectivity index (χ1n) is 9.67. The van der Waals surface area contributed by atoms with Gasteiger partial charge >= 0.3 is 0 Å². The number of hydrogen-bond acceptors (Lipinski definition) is 3. The standard InChI is InChI=1S/C22H28N6.HI/c1-4-24-22(26-14-18(3)20-7-5-17(2)6-8-20)27-15-19-9-10-25-21(13-19)28-12-11-23-16-28;/h5-13,16,18H,4,14-15H2,1-3H3,(H2,24,26,27);1H. The van der Waals surface area contributed by atoms with Crippen molar-refractivity contribution < 1.29 is 0 Å². The number of imidazole rings is 1. The summed E-state index contributed by atoms with van der Waals surface area (Å²) >= 11 is 0. The molecule has 2 heterocycles. The summed E-state index contributed by atoms with van der Waals surface area (Å²) in [5.74, 6) is 2.07. The van der Waals surface area contributed by atoms with Crippen LogP contribution < -0.4 is 10.6 Å². The number of rotatable bonds is 7. The summed E-state index contributed by atoms with van der Waals surface area (Å²) in [4.78, 5) is 13.2. The fourth-order valence-electron chi connectivity index (χ4n) is 2.87. The van der Waals surface area contributed by atoms with E-state index in [0.717, 1.165) is 30.4 Å². The van der Waals surface area contributed by atoms with Gasteiger partial charge in [-0.2, -0.15) is 0 Å². The molecule has 1 aromatic carbocycles. The molecule has 7 heteroatoms. The van der Waals surface area contributed by atoms with Crippen LogP contribution in [0.2, 0.25) is 0 Å². The van der Waals surface area contributed by atoms with Crippen LogP contribution in [0, 0.1) is 6.92 Å². The van der Waals surface area contributed by atoms with Gasteiger partial charge in [0.15, 0.2) is 5.96 Å². The van der Waals surface area contributed by atoms with E-state index in [1.165, 1.54) is 11.1 Å². The van der Waals surface area contributed by atoms with Crippen LogP contribution in [0.4, 0.5) is 0 Å². The molecule has 0 saturated carbocycles. The lowest BCUT2D eigenvalue weighted by Crippen LogP contribution is -2.39. The van der Waals surface area contributed by atoms with Gasteiger partial charge in [0.25, 0.3) is 0 Å². The lowest BCUT2D eigenvalue weighted by molar-refractivity contribution is 0.699. The van der Waals surface area contributed by atoms with Gasteiger partial charge in [-0.15, -0.1) is 24.0 Å². The van der Waals surface area contributed by atoms with Crippen molar-refractivity contribution in [2.24, 2.45) is 4.99 Å². The van der Waals surface area contributed by atoms with E-state index < -0.39 is 0 Å². The van der Waals surface area contributed by atoms with Gasteiger partial charge in [-0.25, -0.2) is 15.0 Å². The molecule has 1 unspecified atom stereocenters. The second kappa shape index (κ2) is 11.5. The van der Waals surface area contributed by atoms with Gasteiger partial charge < -0.3 is 10.6 Å². The third kappa shape index (κ3) is 6.85. The second-order valence-electron chi connectivity index (χ2n) is 6.88. The third-order valence-electron chi connectivity index (χ3n) is 4.56. The van der Waals surface area contributed by atoms with Crippen LogP contribution in [0.15, 0.2) is 66.3 Å². The van der Waals surface area contributed by atoms with Crippen LogP contribution >= 0.6 is 24.0 Å². The van der Waals surface area contributed by atoms with Crippen molar-refractivity contribution >= 4 is 29.9 Å². The maximum Gasteiger partial charge on any atom is 0.191 e. The van der Waals surface area contributed by atoms with E-state index in [0.29, 0.717) is 12.5 Å². The normalized spacial score (nSPS) is 12.2. The lowest BCUT2D eigenvalue weighted by atomic mass is 10.0. The molecule has 0 fully saturated rings. The van der Waals surface area contributed by atoms with Crippen LogP contribution in [0.5, 0.6) is 0 Å². The fraction of sp³-hybridized carbons (Fsp3) is 0.318. The summed E-state index contributed by atoms with van der Waals surface area (Å²) in [7, 11) is 0. The lowest BCUT2D eigenvalue weighted by Gasteiger charge is -2.16. The Bertz CT molecular complexity index is 890. The number of aromatic nitrogens is 3. The molecule has 0 spiro atoms. The van der Waals surface area contributed by atoms with E-state index in [1.54, 1.807) is 18.7 Å². The van der Waals surface area contributed by atoms with Gasteiger partial charge in [-0.1, -0.05) is 36.8 Å². The van der Waals surface area contributed by atoms with Gasteiger partial charge in [0.05, 0.1) is 6.54 Å². The summed E-state index contributed by atoms with van der Waals surface area (Å²) < 4.78 is 1.89. The van der Waals surface area contributed by atoms with Gasteiger partial charge in [0.2, 0.25) is 0 Å². The zero-order valence-corrected chi connectivity index (χ0v) is 19.5. The van der Waals surface area contributed by atoms with E-state index >= 15 is 0 Å². The molecule has 1 atom stereocenters. The number of aryl methyl sites for hydroxylation is 1. The predicted octanol–water partition coefficient (Wildman–Crippen LogP) is 4.05. The maximum atomic E-state index is 4.73. The van der Waals surface area contributed by atoms with Crippen molar-refractivity contribution in [2.75, 3.05) is 13.1 Å². The van der Waals surface area contributed by atoms with E-state index in [1.807, 2.05) is 22.9 Å². The van der Waals surface area contributed by atoms with Crippen LogP contribution in [0.1, 0.15) is 36.5 Å². The SMILES string of the molecule is CCNC(=NCc1ccnc(-n2ccnc2)c1)NCC(C)c1ccc(C)cc1.I. The van der Waals surface area contributed by atoms with E-state index in [4.69, 9.17) is 4.99 Å². The zero-order valence-electron chi connectivity index (χ0n) is 17.2. The Hall–Kier alpha value is -2.42. The molecule has 0 aliphatic heterocycles. The summed E-state index contributed by atoms with van der Waals surface area (Å²) in [5, 5.41) is 6.77. The van der Waals surface area contributed by atoms with Crippen molar-refractivity contribution in [1.29, 1.82) is 0 Å². The monoisotopic (exact) mass is 504 g/mol. The molecule has 0 saturated heterocycles. The number of guanidine groups is 1. The molecule has 29 heavy (non-hydrogen) atoms. The molecular formula is C22H29IN6. The summed E-state index contributed by atoms with van der Waals surface area (Å²) in [6, 6.07) is 12.7. The molecule has 0 radical (unpaired) electrons. The van der Waals surface area contributed by atoms with Crippen molar-refractivity contribution in [2.45, 2.75) is 33.2 Å². The third-order valence-corrected chi connectivity index (χ3v) is 4.56. The Morgan fingerprint density at radius 1 is 1.14 bits per heavy atom. The Morgan fingerprint density at radius 2 is 1.93 bits per heavy atom. The summed E-state index contributed by atoms with van der Waals surface area (Å²) in [5.41, 5.74) is 3.71. The summed E-state index contributed by atoms with van der Waals surface area (Å²) in [6.45, 7) is 8.64. The minimum Gasteiger partial charge on any atom is -0.357 e. The molecule has 0 aliphatic rings. The highest BCUT2D eigenvalue weighted by atomic mass is 127. The number of nitrogens with one attached hydrogen (secondary N) is 2. The fourth-order valence-corrected chi connectivity index (χ4v) is 2.87.